The van der Waals surface area contributed by atoms with Gasteiger partial charge in [-0.3, -0.25) is 13.9 Å². The number of sulfonamides is 1. The number of nitrogens with zero attached hydrogens (tertiary/aromatic N) is 2. The molecule has 0 saturated heterocycles. The minimum atomic E-state index is -3.55. The second-order valence-electron chi connectivity index (χ2n) is 10.3. The summed E-state index contributed by atoms with van der Waals surface area (Å²) in [5.41, 5.74) is 2.19. The van der Waals surface area contributed by atoms with Gasteiger partial charge in [0.1, 0.15) is 6.04 Å². The van der Waals surface area contributed by atoms with Crippen LogP contribution in [0.3, 0.4) is 0 Å². The van der Waals surface area contributed by atoms with Gasteiger partial charge in [-0.05, 0) is 61.9 Å². The van der Waals surface area contributed by atoms with E-state index in [0.717, 1.165) is 36.8 Å². The third-order valence-corrected chi connectivity index (χ3v) is 9.13. The van der Waals surface area contributed by atoms with Crippen LogP contribution in [0.4, 0.5) is 5.69 Å². The molecule has 2 aromatic carbocycles. The van der Waals surface area contributed by atoms with E-state index in [0.29, 0.717) is 28.6 Å². The van der Waals surface area contributed by atoms with E-state index in [1.54, 1.807) is 35.2 Å². The average Bonchev–Trinajstić information content (AvgIpc) is 2.89. The highest BCUT2D eigenvalue weighted by molar-refractivity contribution is 7.92. The van der Waals surface area contributed by atoms with Gasteiger partial charge in [0.2, 0.25) is 21.8 Å². The Balaban J connectivity index is 1.78. The van der Waals surface area contributed by atoms with Crippen LogP contribution in [0, 0.1) is 6.92 Å². The quantitative estimate of drug-likeness (QED) is 0.321. The van der Waals surface area contributed by atoms with Crippen molar-refractivity contribution in [3.05, 3.63) is 63.6 Å². The molecule has 0 spiro atoms. The van der Waals surface area contributed by atoms with Crippen molar-refractivity contribution in [2.45, 2.75) is 83.8 Å². The van der Waals surface area contributed by atoms with E-state index in [4.69, 9.17) is 23.2 Å². The summed E-state index contributed by atoms with van der Waals surface area (Å²) >= 11 is 12.3. The zero-order chi connectivity index (χ0) is 28.6. The molecule has 0 aliphatic heterocycles. The highest BCUT2D eigenvalue weighted by atomic mass is 35.5. The molecule has 1 N–H and O–H groups in total. The van der Waals surface area contributed by atoms with E-state index < -0.39 is 16.1 Å². The summed E-state index contributed by atoms with van der Waals surface area (Å²) in [6, 6.07) is 11.9. The molecule has 0 radical (unpaired) electrons. The number of nitrogens with one attached hydrogen (secondary N) is 1. The SMILES string of the molecule is CC[C@H](C(=O)NC1CCCCC1)N(Cc1ccc(Cl)c(Cl)c1)C(=O)CCCN(c1ccccc1C)S(C)(=O)=O. The van der Waals surface area contributed by atoms with Gasteiger partial charge < -0.3 is 10.2 Å². The number of anilines is 1. The lowest BCUT2D eigenvalue weighted by atomic mass is 9.95. The van der Waals surface area contributed by atoms with Crippen LogP contribution in [-0.4, -0.2) is 50.0 Å². The van der Waals surface area contributed by atoms with Crippen molar-refractivity contribution in [3.63, 3.8) is 0 Å². The molecular weight excluding hydrogens is 557 g/mol. The smallest absolute Gasteiger partial charge is 0.243 e. The predicted octanol–water partition coefficient (Wildman–Crippen LogP) is 6.10. The summed E-state index contributed by atoms with van der Waals surface area (Å²) in [5.74, 6) is -0.375. The molecule has 214 valence electrons. The van der Waals surface area contributed by atoms with Crippen LogP contribution in [0.5, 0.6) is 0 Å². The first kappa shape index (κ1) is 31.2. The number of rotatable bonds is 12. The minimum Gasteiger partial charge on any atom is -0.352 e. The van der Waals surface area contributed by atoms with Gasteiger partial charge in [-0.2, -0.15) is 0 Å². The maximum Gasteiger partial charge on any atom is 0.243 e. The number of carbonyl (C=O) groups is 2. The topological polar surface area (TPSA) is 86.8 Å². The lowest BCUT2D eigenvalue weighted by Crippen LogP contribution is -2.51. The molecule has 0 heterocycles. The summed E-state index contributed by atoms with van der Waals surface area (Å²) in [6.07, 6.45) is 7.26. The molecule has 2 amide bonds. The molecule has 0 unspecified atom stereocenters. The molecule has 7 nitrogen and oxygen atoms in total. The Morgan fingerprint density at radius 3 is 2.36 bits per heavy atom. The molecule has 1 aliphatic carbocycles. The summed E-state index contributed by atoms with van der Waals surface area (Å²) < 4.78 is 26.5. The van der Waals surface area contributed by atoms with Crippen molar-refractivity contribution in [2.75, 3.05) is 17.1 Å². The highest BCUT2D eigenvalue weighted by Crippen LogP contribution is 2.26. The molecule has 2 aromatic rings. The van der Waals surface area contributed by atoms with E-state index in [1.807, 2.05) is 26.0 Å². The van der Waals surface area contributed by atoms with Crippen molar-refractivity contribution in [1.82, 2.24) is 10.2 Å². The predicted molar refractivity (Wildman–Crippen MR) is 159 cm³/mol. The van der Waals surface area contributed by atoms with Gasteiger partial charge in [0.15, 0.2) is 0 Å². The maximum absolute atomic E-state index is 13.6. The van der Waals surface area contributed by atoms with Crippen molar-refractivity contribution in [3.8, 4) is 0 Å². The monoisotopic (exact) mass is 595 g/mol. The molecule has 0 bridgehead atoms. The first-order valence-corrected chi connectivity index (χ1v) is 16.2. The van der Waals surface area contributed by atoms with Crippen molar-refractivity contribution < 1.29 is 18.0 Å². The van der Waals surface area contributed by atoms with Crippen LogP contribution in [0.1, 0.15) is 69.4 Å². The zero-order valence-electron chi connectivity index (χ0n) is 23.0. The number of halogens is 2. The summed E-state index contributed by atoms with van der Waals surface area (Å²) in [6.45, 7) is 4.10. The van der Waals surface area contributed by atoms with Crippen LogP contribution in [0.2, 0.25) is 10.0 Å². The first-order valence-electron chi connectivity index (χ1n) is 13.6. The fraction of sp³-hybridized carbons (Fsp3) is 0.517. The lowest BCUT2D eigenvalue weighted by Gasteiger charge is -2.33. The fourth-order valence-electron chi connectivity index (χ4n) is 5.12. The molecule has 3 rings (SSSR count). The zero-order valence-corrected chi connectivity index (χ0v) is 25.3. The van der Waals surface area contributed by atoms with Crippen LogP contribution >= 0.6 is 23.2 Å². The van der Waals surface area contributed by atoms with Crippen LogP contribution in [0.25, 0.3) is 0 Å². The van der Waals surface area contributed by atoms with Gasteiger partial charge in [0.25, 0.3) is 0 Å². The highest BCUT2D eigenvalue weighted by Gasteiger charge is 2.30. The first-order chi connectivity index (χ1) is 18.5. The van der Waals surface area contributed by atoms with Crippen molar-refractivity contribution >= 4 is 50.7 Å². The Labute approximate surface area is 242 Å². The van der Waals surface area contributed by atoms with Gasteiger partial charge in [0, 0.05) is 25.6 Å². The molecule has 1 saturated carbocycles. The number of aryl methyl sites for hydroxylation is 1. The molecular formula is C29H39Cl2N3O4S. The van der Waals surface area contributed by atoms with E-state index in [2.05, 4.69) is 5.32 Å². The normalized spacial score (nSPS) is 15.0. The van der Waals surface area contributed by atoms with Gasteiger partial charge in [-0.1, -0.05) is 73.7 Å². The van der Waals surface area contributed by atoms with E-state index in [9.17, 15) is 18.0 Å². The van der Waals surface area contributed by atoms with E-state index in [1.165, 1.54) is 17.0 Å². The Kier molecular flexibility index (Phi) is 11.5. The number of benzene rings is 2. The summed E-state index contributed by atoms with van der Waals surface area (Å²) in [4.78, 5) is 28.6. The summed E-state index contributed by atoms with van der Waals surface area (Å²) in [5, 5.41) is 3.96. The van der Waals surface area contributed by atoms with Gasteiger partial charge in [-0.15, -0.1) is 0 Å². The second kappa shape index (κ2) is 14.4. The number of hydrogen-bond donors (Lipinski definition) is 1. The molecule has 0 aromatic heterocycles. The Hall–Kier alpha value is -2.29. The second-order valence-corrected chi connectivity index (χ2v) is 13.0. The van der Waals surface area contributed by atoms with Crippen LogP contribution < -0.4 is 9.62 Å². The third kappa shape index (κ3) is 8.85. The third-order valence-electron chi connectivity index (χ3n) is 7.21. The van der Waals surface area contributed by atoms with E-state index >= 15 is 0 Å². The number of carbonyl (C=O) groups excluding carboxylic acids is 2. The average molecular weight is 597 g/mol. The maximum atomic E-state index is 13.6. The van der Waals surface area contributed by atoms with E-state index in [-0.39, 0.29) is 37.4 Å². The molecule has 39 heavy (non-hydrogen) atoms. The summed E-state index contributed by atoms with van der Waals surface area (Å²) in [7, 11) is -3.55. The van der Waals surface area contributed by atoms with Gasteiger partial charge >= 0.3 is 0 Å². The molecule has 1 atom stereocenters. The van der Waals surface area contributed by atoms with Crippen LogP contribution in [0.15, 0.2) is 42.5 Å². The molecule has 1 fully saturated rings. The Morgan fingerprint density at radius 2 is 1.74 bits per heavy atom. The van der Waals surface area contributed by atoms with Gasteiger partial charge in [0.05, 0.1) is 22.0 Å². The largest absolute Gasteiger partial charge is 0.352 e. The number of para-hydroxylation sites is 1. The number of hydrogen-bond acceptors (Lipinski definition) is 4. The van der Waals surface area contributed by atoms with Crippen molar-refractivity contribution in [2.24, 2.45) is 0 Å². The van der Waals surface area contributed by atoms with Crippen molar-refractivity contribution in [1.29, 1.82) is 0 Å². The van der Waals surface area contributed by atoms with Gasteiger partial charge in [-0.25, -0.2) is 8.42 Å². The van der Waals surface area contributed by atoms with Crippen LogP contribution in [-0.2, 0) is 26.2 Å². The lowest BCUT2D eigenvalue weighted by molar-refractivity contribution is -0.141. The molecule has 10 heteroatoms. The standard InChI is InChI=1S/C29H39Cl2N3O4S/c1-4-26(29(36)32-23-12-6-5-7-13-23)33(20-22-16-17-24(30)25(31)19-22)28(35)15-10-18-34(39(3,37)38)27-14-9-8-11-21(27)2/h8-9,11,14,16-17,19,23,26H,4-7,10,12-13,15,18,20H2,1-3H3,(H,32,36)/t26-/m1/s1. The minimum absolute atomic E-state index is 0.0897. The fourth-order valence-corrected chi connectivity index (χ4v) is 6.47. The Bertz CT molecular complexity index is 1250. The number of amides is 2. The Morgan fingerprint density at radius 1 is 1.05 bits per heavy atom. The molecule has 1 aliphatic rings.